The zero-order chi connectivity index (χ0) is 27.3. The minimum absolute atomic E-state index is 0.336. The number of anilines is 1. The monoisotopic (exact) mass is 543 g/mol. The number of halogens is 1. The van der Waals surface area contributed by atoms with Gasteiger partial charge in [0.25, 0.3) is 0 Å². The van der Waals surface area contributed by atoms with E-state index in [-0.39, 0.29) is 12.2 Å². The molecule has 2 aliphatic rings. The van der Waals surface area contributed by atoms with Gasteiger partial charge in [-0.2, -0.15) is 0 Å². The van der Waals surface area contributed by atoms with E-state index in [0.717, 1.165) is 16.6 Å². The maximum atomic E-state index is 12.0. The number of aromatic nitrogens is 3. The van der Waals surface area contributed by atoms with Crippen LogP contribution in [0, 0.1) is 0 Å². The Hall–Kier alpha value is -2.92. The third-order valence-corrected chi connectivity index (χ3v) is 6.93. The number of hydrogen-bond donors (Lipinski definition) is 2. The van der Waals surface area contributed by atoms with Crippen molar-refractivity contribution in [1.82, 2.24) is 19.9 Å². The molecular weight excluding hydrogens is 510 g/mol. The minimum Gasteiger partial charge on any atom is -0.444 e. The molecule has 2 aliphatic heterocycles. The van der Waals surface area contributed by atoms with E-state index in [1.807, 2.05) is 82.6 Å². The standard InChI is InChI=1S/C27H34ClN5O5/c1-25(2,3)37-24(34)30-13-16-8-7-9-17(12-16)29-14-19-27(6)20(36-26(4,5)38-27)23(35-19)33-11-10-18-21(28)31-15-32-22(18)33/h7-12,15,19-20,23,29H,13-14H2,1-6H3,(H,30,34)/t19-,20+,23-,27-/m1/s1. The average Bonchev–Trinajstić information content (AvgIpc) is 3.43. The van der Waals surface area contributed by atoms with Crippen LogP contribution in [0.25, 0.3) is 11.0 Å². The van der Waals surface area contributed by atoms with Gasteiger partial charge in [-0.3, -0.25) is 0 Å². The molecule has 10 nitrogen and oxygen atoms in total. The number of fused-ring (bicyclic) bond motifs is 2. The van der Waals surface area contributed by atoms with Crippen molar-refractivity contribution < 1.29 is 23.7 Å². The number of carbonyl (C=O) groups is 1. The molecule has 1 aromatic carbocycles. The number of nitrogens with one attached hydrogen (secondary N) is 2. The summed E-state index contributed by atoms with van der Waals surface area (Å²) >= 11 is 6.29. The predicted molar refractivity (Wildman–Crippen MR) is 143 cm³/mol. The molecule has 0 aliphatic carbocycles. The van der Waals surface area contributed by atoms with Crippen LogP contribution in [0.15, 0.2) is 42.9 Å². The van der Waals surface area contributed by atoms with Crippen LogP contribution >= 0.6 is 11.6 Å². The normalized spacial score (nSPS) is 26.3. The highest BCUT2D eigenvalue weighted by atomic mass is 35.5. The number of benzene rings is 1. The molecule has 2 aromatic heterocycles. The van der Waals surface area contributed by atoms with Crippen LogP contribution in [0.4, 0.5) is 10.5 Å². The summed E-state index contributed by atoms with van der Waals surface area (Å²) in [6, 6.07) is 9.71. The second-order valence-electron chi connectivity index (χ2n) is 11.3. The summed E-state index contributed by atoms with van der Waals surface area (Å²) in [5.74, 6) is -0.775. The van der Waals surface area contributed by atoms with Crippen LogP contribution in [-0.2, 0) is 25.5 Å². The van der Waals surface area contributed by atoms with Gasteiger partial charge in [0.2, 0.25) is 0 Å². The van der Waals surface area contributed by atoms with Crippen LogP contribution in [-0.4, -0.2) is 56.4 Å². The van der Waals surface area contributed by atoms with E-state index in [2.05, 4.69) is 20.6 Å². The maximum absolute atomic E-state index is 12.0. The van der Waals surface area contributed by atoms with Crippen LogP contribution in [0.3, 0.4) is 0 Å². The maximum Gasteiger partial charge on any atom is 0.407 e. The first kappa shape index (κ1) is 26.7. The van der Waals surface area contributed by atoms with Gasteiger partial charge in [-0.25, -0.2) is 14.8 Å². The number of nitrogens with zero attached hydrogens (tertiary/aromatic N) is 3. The lowest BCUT2D eigenvalue weighted by Crippen LogP contribution is -2.46. The molecule has 0 unspecified atom stereocenters. The van der Waals surface area contributed by atoms with E-state index in [4.69, 9.17) is 30.5 Å². The molecule has 0 spiro atoms. The van der Waals surface area contributed by atoms with Crippen LogP contribution in [0.2, 0.25) is 5.15 Å². The summed E-state index contributed by atoms with van der Waals surface area (Å²) in [5, 5.41) is 7.40. The quantitative estimate of drug-likeness (QED) is 0.417. The fourth-order valence-electron chi connectivity index (χ4n) is 5.10. The van der Waals surface area contributed by atoms with Crippen molar-refractivity contribution in [2.45, 2.75) is 83.5 Å². The fraction of sp³-hybridized carbons (Fsp3) is 0.519. The van der Waals surface area contributed by atoms with Gasteiger partial charge in [-0.15, -0.1) is 0 Å². The van der Waals surface area contributed by atoms with Gasteiger partial charge >= 0.3 is 6.09 Å². The van der Waals surface area contributed by atoms with Gasteiger partial charge in [0.15, 0.2) is 12.0 Å². The second kappa shape index (κ2) is 9.68. The predicted octanol–water partition coefficient (Wildman–Crippen LogP) is 5.03. The highest BCUT2D eigenvalue weighted by molar-refractivity contribution is 6.33. The highest BCUT2D eigenvalue weighted by Gasteiger charge is 2.64. The Bertz CT molecular complexity index is 1340. The Morgan fingerprint density at radius 2 is 2.00 bits per heavy atom. The van der Waals surface area contributed by atoms with Gasteiger partial charge < -0.3 is 34.1 Å². The zero-order valence-electron chi connectivity index (χ0n) is 22.4. The molecular formula is C27H34ClN5O5. The fourth-order valence-corrected chi connectivity index (χ4v) is 5.29. The molecule has 4 atom stereocenters. The van der Waals surface area contributed by atoms with Gasteiger partial charge in [0, 0.05) is 25.0 Å². The first-order valence-electron chi connectivity index (χ1n) is 12.6. The molecule has 5 rings (SSSR count). The lowest BCUT2D eigenvalue weighted by molar-refractivity contribution is -0.208. The van der Waals surface area contributed by atoms with E-state index in [9.17, 15) is 4.79 Å². The highest BCUT2D eigenvalue weighted by Crippen LogP contribution is 2.50. The van der Waals surface area contributed by atoms with Crippen molar-refractivity contribution in [3.8, 4) is 0 Å². The van der Waals surface area contributed by atoms with Crippen LogP contribution in [0.5, 0.6) is 0 Å². The minimum atomic E-state index is -0.775. The second-order valence-corrected chi connectivity index (χ2v) is 11.7. The molecule has 0 bridgehead atoms. The lowest BCUT2D eigenvalue weighted by Gasteiger charge is -2.29. The largest absolute Gasteiger partial charge is 0.444 e. The van der Waals surface area contributed by atoms with E-state index < -0.39 is 29.3 Å². The molecule has 2 N–H and O–H groups in total. The van der Waals surface area contributed by atoms with Crippen molar-refractivity contribution in [1.29, 1.82) is 0 Å². The lowest BCUT2D eigenvalue weighted by atomic mass is 9.94. The smallest absolute Gasteiger partial charge is 0.407 e. The van der Waals surface area contributed by atoms with Crippen molar-refractivity contribution in [3.05, 3.63) is 53.6 Å². The number of alkyl carbamates (subject to hydrolysis) is 1. The van der Waals surface area contributed by atoms with E-state index in [1.54, 1.807) is 0 Å². The molecule has 3 aromatic rings. The van der Waals surface area contributed by atoms with E-state index >= 15 is 0 Å². The average molecular weight is 544 g/mol. The molecule has 2 saturated heterocycles. The number of ether oxygens (including phenoxy) is 4. The number of carbonyl (C=O) groups excluding carboxylic acids is 1. The Morgan fingerprint density at radius 1 is 1.21 bits per heavy atom. The molecule has 4 heterocycles. The molecule has 38 heavy (non-hydrogen) atoms. The Kier molecular flexibility index (Phi) is 6.79. The summed E-state index contributed by atoms with van der Waals surface area (Å²) in [7, 11) is 0. The number of rotatable bonds is 6. The van der Waals surface area contributed by atoms with Crippen LogP contribution in [0.1, 0.15) is 53.3 Å². The van der Waals surface area contributed by atoms with E-state index in [0.29, 0.717) is 23.9 Å². The van der Waals surface area contributed by atoms with Gasteiger partial charge in [0.1, 0.15) is 40.5 Å². The van der Waals surface area contributed by atoms with E-state index in [1.165, 1.54) is 6.33 Å². The Balaban J connectivity index is 1.31. The molecule has 1 amide bonds. The third-order valence-electron chi connectivity index (χ3n) is 6.63. The van der Waals surface area contributed by atoms with Crippen molar-refractivity contribution in [2.24, 2.45) is 0 Å². The summed E-state index contributed by atoms with van der Waals surface area (Å²) in [4.78, 5) is 20.5. The van der Waals surface area contributed by atoms with Crippen molar-refractivity contribution in [3.63, 3.8) is 0 Å². The molecule has 0 saturated carbocycles. The summed E-state index contributed by atoms with van der Waals surface area (Å²) in [6.07, 6.45) is 1.69. The first-order chi connectivity index (χ1) is 17.8. The Labute approximate surface area is 227 Å². The number of hydrogen-bond acceptors (Lipinski definition) is 8. The Morgan fingerprint density at radius 3 is 2.76 bits per heavy atom. The van der Waals surface area contributed by atoms with Crippen molar-refractivity contribution in [2.75, 3.05) is 11.9 Å². The number of amides is 1. The first-order valence-corrected chi connectivity index (χ1v) is 13.0. The van der Waals surface area contributed by atoms with Gasteiger partial charge in [-0.05, 0) is 65.3 Å². The summed E-state index contributed by atoms with van der Waals surface area (Å²) in [5.41, 5.74) is 1.24. The topological polar surface area (TPSA) is 109 Å². The van der Waals surface area contributed by atoms with Crippen LogP contribution < -0.4 is 10.6 Å². The molecule has 204 valence electrons. The zero-order valence-corrected chi connectivity index (χ0v) is 23.2. The van der Waals surface area contributed by atoms with Gasteiger partial charge in [0.05, 0.1) is 5.39 Å². The molecule has 2 fully saturated rings. The molecule has 11 heteroatoms. The summed E-state index contributed by atoms with van der Waals surface area (Å²) in [6.45, 7) is 12.2. The third kappa shape index (κ3) is 5.31. The summed E-state index contributed by atoms with van der Waals surface area (Å²) < 4.78 is 26.6. The molecule has 0 radical (unpaired) electrons. The van der Waals surface area contributed by atoms with Crippen molar-refractivity contribution >= 4 is 34.4 Å². The van der Waals surface area contributed by atoms with Gasteiger partial charge in [-0.1, -0.05) is 23.7 Å². The SMILES string of the molecule is CC(C)(C)OC(=O)NCc1cccc(NC[C@H]2O[C@@H](n3ccc4c(Cl)ncnc43)[C@@H]3OC(C)(C)O[C@]23C)c1.